The number of nitrogens with one attached hydrogen (secondary N) is 1. The number of hydrogen-bond acceptors (Lipinski definition) is 5. The summed E-state index contributed by atoms with van der Waals surface area (Å²) < 4.78 is 16.9. The first-order valence-corrected chi connectivity index (χ1v) is 10.0. The highest BCUT2D eigenvalue weighted by atomic mass is 16.5. The lowest BCUT2D eigenvalue weighted by molar-refractivity contribution is -0.134. The average molecular weight is 390 g/mol. The lowest BCUT2D eigenvalue weighted by atomic mass is 9.97. The Bertz CT molecular complexity index is 687. The van der Waals surface area contributed by atoms with E-state index in [2.05, 4.69) is 5.32 Å². The van der Waals surface area contributed by atoms with Crippen molar-refractivity contribution in [1.29, 1.82) is 0 Å². The Labute approximate surface area is 166 Å². The summed E-state index contributed by atoms with van der Waals surface area (Å²) in [5.41, 5.74) is 0.939. The molecule has 0 spiro atoms. The van der Waals surface area contributed by atoms with Gasteiger partial charge in [-0.2, -0.15) is 0 Å². The minimum Gasteiger partial charge on any atom is -0.493 e. The van der Waals surface area contributed by atoms with Crippen molar-refractivity contribution >= 4 is 11.8 Å². The Hall–Kier alpha value is -2.28. The lowest BCUT2D eigenvalue weighted by Crippen LogP contribution is -2.44. The van der Waals surface area contributed by atoms with Gasteiger partial charge in [0.05, 0.1) is 19.1 Å². The maximum Gasteiger partial charge on any atom is 0.225 e. The molecule has 2 aliphatic rings. The quantitative estimate of drug-likeness (QED) is 0.772. The number of carbonyl (C=O) groups is 2. The van der Waals surface area contributed by atoms with Gasteiger partial charge in [-0.05, 0) is 43.4 Å². The Balaban J connectivity index is 1.52. The van der Waals surface area contributed by atoms with E-state index in [9.17, 15) is 9.59 Å². The van der Waals surface area contributed by atoms with Crippen LogP contribution in [0.4, 0.5) is 0 Å². The highest BCUT2D eigenvalue weighted by molar-refractivity contribution is 5.80. The van der Waals surface area contributed by atoms with Gasteiger partial charge in [-0.15, -0.1) is 0 Å². The number of benzene rings is 1. The van der Waals surface area contributed by atoms with Crippen LogP contribution >= 0.6 is 0 Å². The van der Waals surface area contributed by atoms with Gasteiger partial charge < -0.3 is 24.4 Å². The van der Waals surface area contributed by atoms with Gasteiger partial charge in [0.25, 0.3) is 0 Å². The summed E-state index contributed by atoms with van der Waals surface area (Å²) >= 11 is 0. The fraction of sp³-hybridized carbons (Fsp3) is 0.619. The Morgan fingerprint density at radius 1 is 1.25 bits per heavy atom. The minimum atomic E-state index is -0.145. The largest absolute Gasteiger partial charge is 0.493 e. The standard InChI is InChI=1S/C21H30N2O5/c1-15(24)23-9-3-5-17(13-23)21(25)22-12-16-7-8-19(20(11-16)26-2)28-14-18-6-4-10-27-18/h7-8,11,17-18H,3-6,9-10,12-14H2,1-2H3,(H,22,25)/t17-,18+/m1/s1. The maximum absolute atomic E-state index is 12.5. The van der Waals surface area contributed by atoms with Crippen LogP contribution < -0.4 is 14.8 Å². The van der Waals surface area contributed by atoms with Crippen molar-refractivity contribution in [2.75, 3.05) is 33.4 Å². The van der Waals surface area contributed by atoms with E-state index in [1.165, 1.54) is 0 Å². The summed E-state index contributed by atoms with van der Waals surface area (Å²) in [4.78, 5) is 25.8. The van der Waals surface area contributed by atoms with E-state index >= 15 is 0 Å². The summed E-state index contributed by atoms with van der Waals surface area (Å²) in [6.45, 7) is 4.52. The molecule has 2 saturated heterocycles. The van der Waals surface area contributed by atoms with E-state index in [0.717, 1.165) is 44.4 Å². The van der Waals surface area contributed by atoms with E-state index in [1.54, 1.807) is 18.9 Å². The number of nitrogens with zero attached hydrogens (tertiary/aromatic N) is 1. The highest BCUT2D eigenvalue weighted by Gasteiger charge is 2.26. The molecular weight excluding hydrogens is 360 g/mol. The molecule has 28 heavy (non-hydrogen) atoms. The Morgan fingerprint density at radius 3 is 2.82 bits per heavy atom. The molecule has 2 aliphatic heterocycles. The average Bonchev–Trinajstić information content (AvgIpc) is 3.24. The van der Waals surface area contributed by atoms with Crippen molar-refractivity contribution in [3.05, 3.63) is 23.8 Å². The smallest absolute Gasteiger partial charge is 0.225 e. The van der Waals surface area contributed by atoms with E-state index < -0.39 is 0 Å². The Kier molecular flexibility index (Phi) is 7.14. The second-order valence-electron chi connectivity index (χ2n) is 7.45. The van der Waals surface area contributed by atoms with Crippen LogP contribution in [0.5, 0.6) is 11.5 Å². The van der Waals surface area contributed by atoms with Crippen LogP contribution in [0.3, 0.4) is 0 Å². The van der Waals surface area contributed by atoms with Gasteiger partial charge >= 0.3 is 0 Å². The summed E-state index contributed by atoms with van der Waals surface area (Å²) in [5, 5.41) is 2.98. The first-order valence-electron chi connectivity index (χ1n) is 10.0. The van der Waals surface area contributed by atoms with Gasteiger partial charge in [-0.25, -0.2) is 0 Å². The van der Waals surface area contributed by atoms with Crippen molar-refractivity contribution in [3.8, 4) is 11.5 Å². The van der Waals surface area contributed by atoms with Crippen LogP contribution in [0.15, 0.2) is 18.2 Å². The number of hydrogen-bond donors (Lipinski definition) is 1. The van der Waals surface area contributed by atoms with Gasteiger partial charge in [0, 0.05) is 33.2 Å². The van der Waals surface area contributed by atoms with Crippen LogP contribution in [0, 0.1) is 5.92 Å². The third-order valence-corrected chi connectivity index (χ3v) is 5.38. The summed E-state index contributed by atoms with van der Waals surface area (Å²) in [6, 6.07) is 5.68. The third kappa shape index (κ3) is 5.38. The van der Waals surface area contributed by atoms with Gasteiger partial charge in [0.2, 0.25) is 11.8 Å². The normalized spacial score (nSPS) is 22.0. The molecule has 0 saturated carbocycles. The predicted molar refractivity (Wildman–Crippen MR) is 104 cm³/mol. The van der Waals surface area contributed by atoms with Crippen molar-refractivity contribution in [2.24, 2.45) is 5.92 Å². The van der Waals surface area contributed by atoms with Crippen LogP contribution in [-0.2, 0) is 20.9 Å². The van der Waals surface area contributed by atoms with Crippen molar-refractivity contribution < 1.29 is 23.8 Å². The molecule has 7 heteroatoms. The molecule has 2 amide bonds. The van der Waals surface area contributed by atoms with E-state index in [1.807, 2.05) is 18.2 Å². The summed E-state index contributed by atoms with van der Waals surface area (Å²) in [6.07, 6.45) is 3.93. The Morgan fingerprint density at radius 2 is 2.11 bits per heavy atom. The van der Waals surface area contributed by atoms with Crippen LogP contribution in [-0.4, -0.2) is 56.2 Å². The van der Waals surface area contributed by atoms with E-state index in [-0.39, 0.29) is 23.8 Å². The molecule has 0 bridgehead atoms. The molecule has 2 atom stereocenters. The maximum atomic E-state index is 12.5. The third-order valence-electron chi connectivity index (χ3n) is 5.38. The van der Waals surface area contributed by atoms with Crippen LogP contribution in [0.2, 0.25) is 0 Å². The predicted octanol–water partition coefficient (Wildman–Crippen LogP) is 2.13. The number of rotatable bonds is 7. The second-order valence-corrected chi connectivity index (χ2v) is 7.45. The molecule has 0 unspecified atom stereocenters. The van der Waals surface area contributed by atoms with E-state index in [4.69, 9.17) is 14.2 Å². The fourth-order valence-electron chi connectivity index (χ4n) is 3.71. The number of methoxy groups -OCH3 is 1. The fourth-order valence-corrected chi connectivity index (χ4v) is 3.71. The molecule has 0 aliphatic carbocycles. The first kappa shape index (κ1) is 20.5. The monoisotopic (exact) mass is 390 g/mol. The summed E-state index contributed by atoms with van der Waals surface area (Å²) in [5.74, 6) is 1.20. The topological polar surface area (TPSA) is 77.1 Å². The van der Waals surface area contributed by atoms with Crippen molar-refractivity contribution in [2.45, 2.75) is 45.3 Å². The van der Waals surface area contributed by atoms with Gasteiger partial charge in [-0.3, -0.25) is 9.59 Å². The zero-order valence-corrected chi connectivity index (χ0v) is 16.7. The van der Waals surface area contributed by atoms with Gasteiger partial charge in [-0.1, -0.05) is 6.07 Å². The van der Waals surface area contributed by atoms with Gasteiger partial charge in [0.15, 0.2) is 11.5 Å². The van der Waals surface area contributed by atoms with Crippen LogP contribution in [0.1, 0.15) is 38.2 Å². The molecule has 1 N–H and O–H groups in total. The van der Waals surface area contributed by atoms with Gasteiger partial charge in [0.1, 0.15) is 6.61 Å². The summed E-state index contributed by atoms with van der Waals surface area (Å²) in [7, 11) is 1.61. The number of amides is 2. The lowest BCUT2D eigenvalue weighted by Gasteiger charge is -2.31. The van der Waals surface area contributed by atoms with Crippen LogP contribution in [0.25, 0.3) is 0 Å². The molecule has 3 rings (SSSR count). The molecule has 154 valence electrons. The molecule has 7 nitrogen and oxygen atoms in total. The highest BCUT2D eigenvalue weighted by Crippen LogP contribution is 2.29. The van der Waals surface area contributed by atoms with Crippen molar-refractivity contribution in [1.82, 2.24) is 10.2 Å². The molecule has 1 aromatic carbocycles. The second kappa shape index (κ2) is 9.78. The molecule has 1 aromatic rings. The SMILES string of the molecule is COc1cc(CNC(=O)[C@@H]2CCCN(C(C)=O)C2)ccc1OC[C@@H]1CCCO1. The zero-order valence-electron chi connectivity index (χ0n) is 16.7. The number of likely N-dealkylation sites (tertiary alicyclic amines) is 1. The molecule has 2 heterocycles. The number of carbonyl (C=O) groups excluding carboxylic acids is 2. The molecule has 0 radical (unpaired) electrons. The number of piperidine rings is 1. The van der Waals surface area contributed by atoms with Crippen molar-refractivity contribution in [3.63, 3.8) is 0 Å². The van der Waals surface area contributed by atoms with E-state index in [0.29, 0.717) is 31.2 Å². The molecular formula is C21H30N2O5. The molecule has 2 fully saturated rings. The minimum absolute atomic E-state index is 0.0105. The molecule has 0 aromatic heterocycles. The zero-order chi connectivity index (χ0) is 19.9. The number of ether oxygens (including phenoxy) is 3. The first-order chi connectivity index (χ1) is 13.6.